The van der Waals surface area contributed by atoms with Gasteiger partial charge in [-0.1, -0.05) is 43.6 Å². The van der Waals surface area contributed by atoms with Crippen LogP contribution in [0.5, 0.6) is 0 Å². The molecule has 0 aliphatic carbocycles. The second kappa shape index (κ2) is 7.82. The minimum absolute atomic E-state index is 0.464. The summed E-state index contributed by atoms with van der Waals surface area (Å²) in [5.41, 5.74) is 2.69. The topological polar surface area (TPSA) is 12.0 Å². The molecular weight excluding hydrogens is 286 g/mol. The van der Waals surface area contributed by atoms with Crippen molar-refractivity contribution in [3.63, 3.8) is 0 Å². The quantitative estimate of drug-likeness (QED) is 0.749. The lowest BCUT2D eigenvalue weighted by atomic mass is 9.92. The zero-order chi connectivity index (χ0) is 14.4. The maximum absolute atomic E-state index is 6.37. The molecule has 3 heteroatoms. The molecule has 2 rings (SSSR count). The number of rotatable bonds is 7. The smallest absolute Gasteiger partial charge is 0.0441 e. The van der Waals surface area contributed by atoms with E-state index in [-0.39, 0.29) is 0 Å². The van der Waals surface area contributed by atoms with Gasteiger partial charge in [0.15, 0.2) is 0 Å². The van der Waals surface area contributed by atoms with Crippen LogP contribution >= 0.6 is 22.9 Å². The fourth-order valence-corrected chi connectivity index (χ4v) is 3.32. The number of thiophene rings is 1. The van der Waals surface area contributed by atoms with Crippen molar-refractivity contribution in [3.05, 3.63) is 57.2 Å². The van der Waals surface area contributed by atoms with E-state index < -0.39 is 0 Å². The summed E-state index contributed by atoms with van der Waals surface area (Å²) in [6.07, 6.45) is 2.24. The third-order valence-electron chi connectivity index (χ3n) is 3.48. The lowest BCUT2D eigenvalue weighted by Crippen LogP contribution is -2.28. The normalized spacial score (nSPS) is 12.8. The van der Waals surface area contributed by atoms with Crippen molar-refractivity contribution in [2.24, 2.45) is 0 Å². The van der Waals surface area contributed by atoms with Gasteiger partial charge in [0.05, 0.1) is 0 Å². The van der Waals surface area contributed by atoms with E-state index in [2.05, 4.69) is 48.1 Å². The third kappa shape index (κ3) is 4.62. The molecule has 1 atom stereocenters. The van der Waals surface area contributed by atoms with E-state index in [0.29, 0.717) is 12.0 Å². The maximum Gasteiger partial charge on any atom is 0.0441 e. The van der Waals surface area contributed by atoms with Crippen LogP contribution in [-0.2, 0) is 6.42 Å². The highest BCUT2D eigenvalue weighted by Gasteiger charge is 2.15. The second-order valence-electron chi connectivity index (χ2n) is 5.45. The van der Waals surface area contributed by atoms with Crippen LogP contribution in [0, 0.1) is 0 Å². The first-order chi connectivity index (χ1) is 9.66. The van der Waals surface area contributed by atoms with Gasteiger partial charge in [0.25, 0.3) is 0 Å². The monoisotopic (exact) mass is 307 g/mol. The molecule has 0 saturated carbocycles. The molecule has 0 fully saturated rings. The van der Waals surface area contributed by atoms with Crippen LogP contribution in [-0.4, -0.2) is 12.6 Å². The molecule has 0 aliphatic rings. The Morgan fingerprint density at radius 1 is 1.20 bits per heavy atom. The Morgan fingerprint density at radius 2 is 2.00 bits per heavy atom. The van der Waals surface area contributed by atoms with Crippen LogP contribution in [0.3, 0.4) is 0 Å². The molecule has 1 N–H and O–H groups in total. The first kappa shape index (κ1) is 15.6. The van der Waals surface area contributed by atoms with Gasteiger partial charge < -0.3 is 5.32 Å². The molecule has 0 bridgehead atoms. The van der Waals surface area contributed by atoms with Gasteiger partial charge in [0.1, 0.15) is 0 Å². The summed E-state index contributed by atoms with van der Waals surface area (Å²) in [5, 5.41) is 8.81. The van der Waals surface area contributed by atoms with Crippen LogP contribution < -0.4 is 5.32 Å². The SMILES string of the molecule is CC(C)NCC(CCc1ccsc1)c1ccccc1Cl. The molecule has 0 radical (unpaired) electrons. The standard InChI is InChI=1S/C17H22ClNS/c1-13(2)19-11-15(8-7-14-9-10-20-12-14)16-5-3-4-6-17(16)18/h3-6,9-10,12-13,15,19H,7-8,11H2,1-2H3. The molecule has 1 nitrogen and oxygen atoms in total. The Balaban J connectivity index is 2.05. The molecule has 1 heterocycles. The molecule has 0 aliphatic heterocycles. The summed E-state index contributed by atoms with van der Waals surface area (Å²) >= 11 is 8.14. The highest BCUT2D eigenvalue weighted by atomic mass is 35.5. The van der Waals surface area contributed by atoms with E-state index in [1.807, 2.05) is 12.1 Å². The van der Waals surface area contributed by atoms with Gasteiger partial charge in [-0.25, -0.2) is 0 Å². The summed E-state index contributed by atoms with van der Waals surface area (Å²) in [6, 6.07) is 10.9. The number of benzene rings is 1. The van der Waals surface area contributed by atoms with Crippen molar-refractivity contribution in [3.8, 4) is 0 Å². The molecule has 1 aromatic heterocycles. The Morgan fingerprint density at radius 3 is 2.65 bits per heavy atom. The average Bonchev–Trinajstić information content (AvgIpc) is 2.93. The number of aryl methyl sites for hydroxylation is 1. The maximum atomic E-state index is 6.37. The Bertz CT molecular complexity index is 507. The van der Waals surface area contributed by atoms with Crippen molar-refractivity contribution in [1.82, 2.24) is 5.32 Å². The minimum Gasteiger partial charge on any atom is -0.314 e. The molecule has 0 spiro atoms. The molecule has 1 aromatic carbocycles. The summed E-state index contributed by atoms with van der Waals surface area (Å²) in [5.74, 6) is 0.464. The predicted octanol–water partition coefficient (Wildman–Crippen LogP) is 5.12. The van der Waals surface area contributed by atoms with Crippen LogP contribution in [0.4, 0.5) is 0 Å². The average molecular weight is 308 g/mol. The Kier molecular flexibility index (Phi) is 6.08. The van der Waals surface area contributed by atoms with E-state index in [4.69, 9.17) is 11.6 Å². The van der Waals surface area contributed by atoms with E-state index in [1.54, 1.807) is 11.3 Å². The second-order valence-corrected chi connectivity index (χ2v) is 6.64. The van der Waals surface area contributed by atoms with Crippen LogP contribution in [0.1, 0.15) is 37.3 Å². The van der Waals surface area contributed by atoms with Crippen LogP contribution in [0.25, 0.3) is 0 Å². The van der Waals surface area contributed by atoms with Gasteiger partial charge in [-0.05, 0) is 52.8 Å². The summed E-state index contributed by atoms with van der Waals surface area (Å²) in [6.45, 7) is 5.34. The van der Waals surface area contributed by atoms with Crippen LogP contribution in [0.2, 0.25) is 5.02 Å². The molecular formula is C17H22ClNS. The first-order valence-corrected chi connectivity index (χ1v) is 8.47. The van der Waals surface area contributed by atoms with Crippen molar-refractivity contribution >= 4 is 22.9 Å². The highest BCUT2D eigenvalue weighted by Crippen LogP contribution is 2.28. The fourth-order valence-electron chi connectivity index (χ4n) is 2.33. The van der Waals surface area contributed by atoms with E-state index >= 15 is 0 Å². The minimum atomic E-state index is 0.464. The van der Waals surface area contributed by atoms with Gasteiger partial charge in [0, 0.05) is 17.6 Å². The molecule has 2 aromatic rings. The number of hydrogen-bond donors (Lipinski definition) is 1. The Hall–Kier alpha value is -0.830. The van der Waals surface area contributed by atoms with Gasteiger partial charge in [0.2, 0.25) is 0 Å². The van der Waals surface area contributed by atoms with Crippen LogP contribution in [0.15, 0.2) is 41.1 Å². The third-order valence-corrected chi connectivity index (χ3v) is 4.56. The van der Waals surface area contributed by atoms with Gasteiger partial charge in [-0.3, -0.25) is 0 Å². The lowest BCUT2D eigenvalue weighted by molar-refractivity contribution is 0.508. The van der Waals surface area contributed by atoms with Gasteiger partial charge in [-0.2, -0.15) is 11.3 Å². The van der Waals surface area contributed by atoms with E-state index in [9.17, 15) is 0 Å². The first-order valence-electron chi connectivity index (χ1n) is 7.15. The van der Waals surface area contributed by atoms with Crippen molar-refractivity contribution < 1.29 is 0 Å². The van der Waals surface area contributed by atoms with Crippen molar-refractivity contribution in [1.29, 1.82) is 0 Å². The summed E-state index contributed by atoms with van der Waals surface area (Å²) in [4.78, 5) is 0. The van der Waals surface area contributed by atoms with Gasteiger partial charge >= 0.3 is 0 Å². The highest BCUT2D eigenvalue weighted by molar-refractivity contribution is 7.07. The predicted molar refractivity (Wildman–Crippen MR) is 90.0 cm³/mol. The molecule has 108 valence electrons. The molecule has 0 amide bonds. The number of hydrogen-bond acceptors (Lipinski definition) is 2. The zero-order valence-corrected chi connectivity index (χ0v) is 13.7. The zero-order valence-electron chi connectivity index (χ0n) is 12.1. The summed E-state index contributed by atoms with van der Waals surface area (Å²) in [7, 11) is 0. The number of nitrogens with one attached hydrogen (secondary N) is 1. The molecule has 0 saturated heterocycles. The largest absolute Gasteiger partial charge is 0.314 e. The van der Waals surface area contributed by atoms with Crippen molar-refractivity contribution in [2.45, 2.75) is 38.6 Å². The van der Waals surface area contributed by atoms with Crippen molar-refractivity contribution in [2.75, 3.05) is 6.54 Å². The Labute approximate surface area is 131 Å². The van der Waals surface area contributed by atoms with E-state index in [1.165, 1.54) is 11.1 Å². The fraction of sp³-hybridized carbons (Fsp3) is 0.412. The molecule has 1 unspecified atom stereocenters. The number of halogens is 1. The van der Waals surface area contributed by atoms with Gasteiger partial charge in [-0.15, -0.1) is 0 Å². The van der Waals surface area contributed by atoms with E-state index in [0.717, 1.165) is 24.4 Å². The lowest BCUT2D eigenvalue weighted by Gasteiger charge is -2.20. The summed E-state index contributed by atoms with van der Waals surface area (Å²) < 4.78 is 0. The molecule has 20 heavy (non-hydrogen) atoms.